The van der Waals surface area contributed by atoms with Crippen LogP contribution in [-0.2, 0) is 11.2 Å². The number of amides is 1. The first-order valence-corrected chi connectivity index (χ1v) is 8.47. The predicted molar refractivity (Wildman–Crippen MR) is 104 cm³/mol. The lowest BCUT2D eigenvalue weighted by atomic mass is 10.2. The zero-order valence-corrected chi connectivity index (χ0v) is 14.8. The zero-order chi connectivity index (χ0) is 18.4. The van der Waals surface area contributed by atoms with E-state index in [-0.39, 0.29) is 5.91 Å². The summed E-state index contributed by atoms with van der Waals surface area (Å²) in [5.74, 6) is 1.11. The Morgan fingerprint density at radius 1 is 1.15 bits per heavy atom. The molecule has 5 nitrogen and oxygen atoms in total. The standard InChI is InChI=1S/C21H21N3O2/c1-3-17-15-20(22-21(25)14-9-16-7-5-4-6-8-16)23-24(17)18-10-12-19(26-2)13-11-18/h4-15H,3H2,1-2H3,(H,22,23,25)/b14-9+. The summed E-state index contributed by atoms with van der Waals surface area (Å²) in [6.07, 6.45) is 4.08. The van der Waals surface area contributed by atoms with Crippen LogP contribution in [-0.4, -0.2) is 22.8 Å². The van der Waals surface area contributed by atoms with Gasteiger partial charge in [-0.05, 0) is 42.3 Å². The fourth-order valence-electron chi connectivity index (χ4n) is 2.58. The van der Waals surface area contributed by atoms with Crippen LogP contribution in [0.1, 0.15) is 18.2 Å². The minimum absolute atomic E-state index is 0.212. The van der Waals surface area contributed by atoms with E-state index in [1.54, 1.807) is 13.2 Å². The lowest BCUT2D eigenvalue weighted by molar-refractivity contribution is -0.111. The molecule has 0 spiro atoms. The molecular formula is C21H21N3O2. The molecule has 5 heteroatoms. The van der Waals surface area contributed by atoms with Gasteiger partial charge in [0.15, 0.2) is 5.82 Å². The number of rotatable bonds is 6. The summed E-state index contributed by atoms with van der Waals surface area (Å²) < 4.78 is 7.02. The molecule has 3 aromatic rings. The number of ether oxygens (including phenoxy) is 1. The van der Waals surface area contributed by atoms with Crippen molar-refractivity contribution in [1.29, 1.82) is 0 Å². The molecule has 132 valence electrons. The van der Waals surface area contributed by atoms with Crippen LogP contribution in [0.5, 0.6) is 5.75 Å². The molecule has 0 fully saturated rings. The summed E-state index contributed by atoms with van der Waals surface area (Å²) in [5, 5.41) is 7.33. The molecule has 1 aromatic heterocycles. The number of nitrogens with one attached hydrogen (secondary N) is 1. The van der Waals surface area contributed by atoms with E-state index in [4.69, 9.17) is 4.74 Å². The summed E-state index contributed by atoms with van der Waals surface area (Å²) in [7, 11) is 1.64. The molecule has 0 aliphatic carbocycles. The Hall–Kier alpha value is -3.34. The number of aromatic nitrogens is 2. The monoisotopic (exact) mass is 347 g/mol. The number of hydrogen-bond acceptors (Lipinski definition) is 3. The van der Waals surface area contributed by atoms with Crippen LogP contribution in [0.15, 0.2) is 66.7 Å². The van der Waals surface area contributed by atoms with Crippen molar-refractivity contribution < 1.29 is 9.53 Å². The molecule has 0 saturated heterocycles. The van der Waals surface area contributed by atoms with Crippen molar-refractivity contribution in [2.75, 3.05) is 12.4 Å². The highest BCUT2D eigenvalue weighted by Gasteiger charge is 2.10. The highest BCUT2D eigenvalue weighted by molar-refractivity contribution is 6.01. The Balaban J connectivity index is 1.75. The predicted octanol–water partition coefficient (Wildman–Crippen LogP) is 4.10. The molecule has 3 rings (SSSR count). The first-order chi connectivity index (χ1) is 12.7. The first-order valence-electron chi connectivity index (χ1n) is 8.47. The molecule has 0 saturated carbocycles. The second kappa shape index (κ2) is 8.16. The smallest absolute Gasteiger partial charge is 0.249 e. The molecule has 0 radical (unpaired) electrons. The van der Waals surface area contributed by atoms with E-state index < -0.39 is 0 Å². The fourth-order valence-corrected chi connectivity index (χ4v) is 2.58. The number of anilines is 1. The van der Waals surface area contributed by atoms with Crippen LogP contribution >= 0.6 is 0 Å². The molecule has 0 aliphatic rings. The molecule has 0 unspecified atom stereocenters. The van der Waals surface area contributed by atoms with Gasteiger partial charge in [0.2, 0.25) is 5.91 Å². The van der Waals surface area contributed by atoms with E-state index in [0.717, 1.165) is 29.1 Å². The second-order valence-corrected chi connectivity index (χ2v) is 5.72. The maximum absolute atomic E-state index is 12.2. The minimum atomic E-state index is -0.212. The van der Waals surface area contributed by atoms with Crippen LogP contribution in [0, 0.1) is 0 Å². The average molecular weight is 347 g/mol. The second-order valence-electron chi connectivity index (χ2n) is 5.72. The van der Waals surface area contributed by atoms with E-state index in [1.165, 1.54) is 6.08 Å². The Kier molecular flexibility index (Phi) is 5.49. The SMILES string of the molecule is CCc1cc(NC(=O)/C=C/c2ccccc2)nn1-c1ccc(OC)cc1. The van der Waals surface area contributed by atoms with E-state index >= 15 is 0 Å². The Morgan fingerprint density at radius 2 is 1.88 bits per heavy atom. The minimum Gasteiger partial charge on any atom is -0.497 e. The van der Waals surface area contributed by atoms with Gasteiger partial charge in [-0.15, -0.1) is 5.10 Å². The Bertz CT molecular complexity index is 897. The highest BCUT2D eigenvalue weighted by atomic mass is 16.5. The van der Waals surface area contributed by atoms with Crippen LogP contribution < -0.4 is 10.1 Å². The average Bonchev–Trinajstić information content (AvgIpc) is 3.10. The third kappa shape index (κ3) is 4.19. The third-order valence-electron chi connectivity index (χ3n) is 3.94. The summed E-state index contributed by atoms with van der Waals surface area (Å²) in [4.78, 5) is 12.2. The maximum atomic E-state index is 12.2. The van der Waals surface area contributed by atoms with Crippen LogP contribution in [0.2, 0.25) is 0 Å². The van der Waals surface area contributed by atoms with Crippen molar-refractivity contribution in [3.63, 3.8) is 0 Å². The van der Waals surface area contributed by atoms with Gasteiger partial charge in [0.1, 0.15) is 5.75 Å². The number of aryl methyl sites for hydroxylation is 1. The van der Waals surface area contributed by atoms with Crippen LogP contribution in [0.3, 0.4) is 0 Å². The first kappa shape index (κ1) is 17.5. The van der Waals surface area contributed by atoms with Crippen molar-refractivity contribution >= 4 is 17.8 Å². The number of hydrogen-bond donors (Lipinski definition) is 1. The van der Waals surface area contributed by atoms with Gasteiger partial charge in [-0.3, -0.25) is 4.79 Å². The molecule has 1 N–H and O–H groups in total. The van der Waals surface area contributed by atoms with Gasteiger partial charge in [0, 0.05) is 17.8 Å². The quantitative estimate of drug-likeness (QED) is 0.683. The Labute approximate surface area is 152 Å². The van der Waals surface area contributed by atoms with Gasteiger partial charge in [-0.2, -0.15) is 0 Å². The molecule has 2 aromatic carbocycles. The topological polar surface area (TPSA) is 56.2 Å². The summed E-state index contributed by atoms with van der Waals surface area (Å²) >= 11 is 0. The number of carbonyl (C=O) groups excluding carboxylic acids is 1. The van der Waals surface area contributed by atoms with E-state index in [9.17, 15) is 4.79 Å². The van der Waals surface area contributed by atoms with E-state index in [2.05, 4.69) is 17.3 Å². The number of carbonyl (C=O) groups is 1. The third-order valence-corrected chi connectivity index (χ3v) is 3.94. The van der Waals surface area contributed by atoms with Crippen LogP contribution in [0.4, 0.5) is 5.82 Å². The Morgan fingerprint density at radius 3 is 2.54 bits per heavy atom. The molecule has 0 aliphatic heterocycles. The van der Waals surface area contributed by atoms with E-state index in [1.807, 2.05) is 65.3 Å². The number of benzene rings is 2. The van der Waals surface area contributed by atoms with Crippen molar-refractivity contribution in [2.24, 2.45) is 0 Å². The number of methoxy groups -OCH3 is 1. The van der Waals surface area contributed by atoms with E-state index in [0.29, 0.717) is 5.82 Å². The fraction of sp³-hybridized carbons (Fsp3) is 0.143. The molecule has 26 heavy (non-hydrogen) atoms. The van der Waals surface area contributed by atoms with Gasteiger partial charge in [0.25, 0.3) is 0 Å². The highest BCUT2D eigenvalue weighted by Crippen LogP contribution is 2.19. The lowest BCUT2D eigenvalue weighted by Gasteiger charge is -2.06. The normalized spacial score (nSPS) is 10.8. The van der Waals surface area contributed by atoms with Gasteiger partial charge in [-0.25, -0.2) is 4.68 Å². The van der Waals surface area contributed by atoms with Crippen molar-refractivity contribution in [3.8, 4) is 11.4 Å². The maximum Gasteiger partial charge on any atom is 0.249 e. The van der Waals surface area contributed by atoms with Crippen molar-refractivity contribution in [2.45, 2.75) is 13.3 Å². The van der Waals surface area contributed by atoms with Crippen molar-refractivity contribution in [1.82, 2.24) is 9.78 Å². The molecule has 1 amide bonds. The molecule has 0 atom stereocenters. The van der Waals surface area contributed by atoms with Crippen LogP contribution in [0.25, 0.3) is 11.8 Å². The van der Waals surface area contributed by atoms with Crippen molar-refractivity contribution in [3.05, 3.63) is 78.0 Å². The largest absolute Gasteiger partial charge is 0.497 e. The zero-order valence-electron chi connectivity index (χ0n) is 14.8. The van der Waals surface area contributed by atoms with Gasteiger partial charge in [0.05, 0.1) is 12.8 Å². The summed E-state index contributed by atoms with van der Waals surface area (Å²) in [6.45, 7) is 2.05. The van der Waals surface area contributed by atoms with Gasteiger partial charge >= 0.3 is 0 Å². The number of nitrogens with zero attached hydrogens (tertiary/aromatic N) is 2. The summed E-state index contributed by atoms with van der Waals surface area (Å²) in [5.41, 5.74) is 2.90. The molecule has 1 heterocycles. The van der Waals surface area contributed by atoms with Gasteiger partial charge in [-0.1, -0.05) is 37.3 Å². The summed E-state index contributed by atoms with van der Waals surface area (Å²) in [6, 6.07) is 19.2. The lowest BCUT2D eigenvalue weighted by Crippen LogP contribution is -2.09. The van der Waals surface area contributed by atoms with Gasteiger partial charge < -0.3 is 10.1 Å². The molecular weight excluding hydrogens is 326 g/mol. The molecule has 0 bridgehead atoms.